The zero-order valence-electron chi connectivity index (χ0n) is 15.2. The third kappa shape index (κ3) is 3.22. The molecule has 0 atom stereocenters. The summed E-state index contributed by atoms with van der Waals surface area (Å²) in [7, 11) is 0. The molecule has 0 unspecified atom stereocenters. The molecule has 4 aromatic heterocycles. The summed E-state index contributed by atoms with van der Waals surface area (Å²) < 4.78 is 7.51. The molecule has 0 bridgehead atoms. The molecule has 1 aliphatic rings. The largest absolute Gasteiger partial charge is 0.463 e. The summed E-state index contributed by atoms with van der Waals surface area (Å²) in [6.07, 6.45) is 10.1. The summed E-state index contributed by atoms with van der Waals surface area (Å²) in [5.41, 5.74) is 3.36. The molecule has 1 N–H and O–H groups in total. The summed E-state index contributed by atoms with van der Waals surface area (Å²) in [4.78, 5) is 17.8. The Morgan fingerprint density at radius 3 is 2.79 bits per heavy atom. The normalized spacial score (nSPS) is 14.8. The lowest BCUT2D eigenvalue weighted by Crippen LogP contribution is -2.06. The van der Waals surface area contributed by atoms with E-state index in [0.717, 1.165) is 41.0 Å². The van der Waals surface area contributed by atoms with Crippen LogP contribution >= 0.6 is 11.6 Å². The molecule has 1 saturated carbocycles. The molecule has 0 amide bonds. The fraction of sp³-hybridized carbons (Fsp3) is 0.300. The van der Waals surface area contributed by atoms with Gasteiger partial charge in [-0.05, 0) is 48.2 Å². The van der Waals surface area contributed by atoms with Crippen LogP contribution in [-0.4, -0.2) is 24.5 Å². The number of nitrogens with one attached hydrogen (secondary N) is 1. The molecular weight excluding hydrogens is 376 g/mol. The van der Waals surface area contributed by atoms with Gasteiger partial charge in [-0.25, -0.2) is 4.98 Å². The Morgan fingerprint density at radius 1 is 1.14 bits per heavy atom. The molecule has 8 heteroatoms. The van der Waals surface area contributed by atoms with Gasteiger partial charge in [-0.3, -0.25) is 4.98 Å². The van der Waals surface area contributed by atoms with Crippen LogP contribution in [0.25, 0.3) is 22.6 Å². The van der Waals surface area contributed by atoms with Crippen molar-refractivity contribution < 1.29 is 4.42 Å². The number of fused-ring (bicyclic) bond motifs is 1. The summed E-state index contributed by atoms with van der Waals surface area (Å²) in [5, 5.41) is 3.55. The number of aromatic nitrogens is 5. The van der Waals surface area contributed by atoms with Crippen molar-refractivity contribution in [2.45, 2.75) is 38.3 Å². The molecule has 28 heavy (non-hydrogen) atoms. The zero-order chi connectivity index (χ0) is 18.9. The Bertz CT molecular complexity index is 1080. The highest BCUT2D eigenvalue weighted by atomic mass is 35.5. The number of anilines is 1. The maximum absolute atomic E-state index is 6.19. The first-order chi connectivity index (χ1) is 13.8. The minimum atomic E-state index is 0.223. The number of furan rings is 1. The maximum Gasteiger partial charge on any atom is 0.226 e. The first kappa shape index (κ1) is 17.2. The van der Waals surface area contributed by atoms with Crippen molar-refractivity contribution in [3.8, 4) is 11.5 Å². The van der Waals surface area contributed by atoms with E-state index in [4.69, 9.17) is 16.0 Å². The molecule has 1 fully saturated rings. The second-order valence-corrected chi connectivity index (χ2v) is 7.32. The van der Waals surface area contributed by atoms with E-state index in [9.17, 15) is 0 Å². The smallest absolute Gasteiger partial charge is 0.226 e. The van der Waals surface area contributed by atoms with Crippen molar-refractivity contribution in [3.63, 3.8) is 0 Å². The molecule has 5 rings (SSSR count). The Hall–Kier alpha value is -2.93. The van der Waals surface area contributed by atoms with Crippen LogP contribution in [0.15, 0.2) is 47.5 Å². The average Bonchev–Trinajstić information content (AvgIpc) is 3.47. The molecule has 0 saturated heterocycles. The summed E-state index contributed by atoms with van der Waals surface area (Å²) in [6.45, 7) is 0.560. The maximum atomic E-state index is 6.19. The molecule has 1 aliphatic carbocycles. The third-order valence-electron chi connectivity index (χ3n) is 5.17. The number of nitrogens with zero attached hydrogens (tertiary/aromatic N) is 5. The van der Waals surface area contributed by atoms with Crippen LogP contribution in [0.2, 0.25) is 5.28 Å². The van der Waals surface area contributed by atoms with E-state index < -0.39 is 0 Å². The molecule has 0 spiro atoms. The molecular formula is C20H19ClN6O. The Labute approximate surface area is 166 Å². The number of hydrogen-bond donors (Lipinski definition) is 1. The summed E-state index contributed by atoms with van der Waals surface area (Å²) in [6, 6.07) is 8.13. The highest BCUT2D eigenvalue weighted by molar-refractivity contribution is 6.28. The lowest BCUT2D eigenvalue weighted by Gasteiger charge is -2.12. The molecule has 0 radical (unpaired) electrons. The topological polar surface area (TPSA) is 81.7 Å². The molecule has 0 aliphatic heterocycles. The van der Waals surface area contributed by atoms with E-state index in [-0.39, 0.29) is 5.28 Å². The number of pyridine rings is 1. The SMILES string of the molecule is Clc1nc(NCc2ccc(-c3ccco3)nc2)c2ncn(C3CCCC3)c2n1. The van der Waals surface area contributed by atoms with Gasteiger partial charge in [0.2, 0.25) is 5.28 Å². The van der Waals surface area contributed by atoms with Gasteiger partial charge < -0.3 is 14.3 Å². The average molecular weight is 395 g/mol. The lowest BCUT2D eigenvalue weighted by molar-refractivity contribution is 0.529. The number of imidazole rings is 1. The van der Waals surface area contributed by atoms with Gasteiger partial charge in [0.15, 0.2) is 22.7 Å². The van der Waals surface area contributed by atoms with Crippen molar-refractivity contribution in [3.05, 3.63) is 53.9 Å². The first-order valence-corrected chi connectivity index (χ1v) is 9.78. The number of rotatable bonds is 5. The van der Waals surface area contributed by atoms with E-state index in [1.165, 1.54) is 12.8 Å². The van der Waals surface area contributed by atoms with Crippen molar-refractivity contribution >= 4 is 28.6 Å². The van der Waals surface area contributed by atoms with Gasteiger partial charge in [-0.2, -0.15) is 9.97 Å². The second kappa shape index (κ2) is 7.24. The predicted molar refractivity (Wildman–Crippen MR) is 107 cm³/mol. The van der Waals surface area contributed by atoms with Crippen LogP contribution in [0.4, 0.5) is 5.82 Å². The molecule has 142 valence electrons. The minimum absolute atomic E-state index is 0.223. The Kier molecular flexibility index (Phi) is 4.44. The Morgan fingerprint density at radius 2 is 2.04 bits per heavy atom. The van der Waals surface area contributed by atoms with Crippen molar-refractivity contribution in [1.82, 2.24) is 24.5 Å². The number of hydrogen-bond acceptors (Lipinski definition) is 6. The van der Waals surface area contributed by atoms with Gasteiger partial charge in [-0.1, -0.05) is 18.9 Å². The first-order valence-electron chi connectivity index (χ1n) is 9.41. The van der Waals surface area contributed by atoms with Crippen LogP contribution in [0.1, 0.15) is 37.3 Å². The fourth-order valence-electron chi connectivity index (χ4n) is 3.75. The predicted octanol–water partition coefficient (Wildman–Crippen LogP) is 4.86. The van der Waals surface area contributed by atoms with Gasteiger partial charge in [0.05, 0.1) is 12.6 Å². The summed E-state index contributed by atoms with van der Waals surface area (Å²) >= 11 is 6.19. The summed E-state index contributed by atoms with van der Waals surface area (Å²) in [5.74, 6) is 1.39. The van der Waals surface area contributed by atoms with Crippen molar-refractivity contribution in [2.75, 3.05) is 5.32 Å². The quantitative estimate of drug-likeness (QED) is 0.486. The highest BCUT2D eigenvalue weighted by Gasteiger charge is 2.21. The Balaban J connectivity index is 1.37. The van der Waals surface area contributed by atoms with Gasteiger partial charge in [0.25, 0.3) is 0 Å². The third-order valence-corrected chi connectivity index (χ3v) is 5.34. The monoisotopic (exact) mass is 394 g/mol. The van der Waals surface area contributed by atoms with Crippen LogP contribution in [0, 0.1) is 0 Å². The molecule has 4 heterocycles. The molecule has 7 nitrogen and oxygen atoms in total. The van der Waals surface area contributed by atoms with E-state index in [1.807, 2.05) is 36.8 Å². The minimum Gasteiger partial charge on any atom is -0.463 e. The fourth-order valence-corrected chi connectivity index (χ4v) is 3.91. The highest BCUT2D eigenvalue weighted by Crippen LogP contribution is 2.33. The van der Waals surface area contributed by atoms with E-state index in [2.05, 4.69) is 29.8 Å². The van der Waals surface area contributed by atoms with Crippen molar-refractivity contribution in [2.24, 2.45) is 0 Å². The van der Waals surface area contributed by atoms with Gasteiger partial charge in [0, 0.05) is 18.8 Å². The van der Waals surface area contributed by atoms with Crippen LogP contribution < -0.4 is 5.32 Å². The molecule has 0 aromatic carbocycles. The van der Waals surface area contributed by atoms with Crippen LogP contribution in [0.3, 0.4) is 0 Å². The number of halogens is 1. The van der Waals surface area contributed by atoms with Gasteiger partial charge >= 0.3 is 0 Å². The van der Waals surface area contributed by atoms with Crippen LogP contribution in [0.5, 0.6) is 0 Å². The van der Waals surface area contributed by atoms with Crippen LogP contribution in [-0.2, 0) is 6.54 Å². The van der Waals surface area contributed by atoms with Gasteiger partial charge in [-0.15, -0.1) is 0 Å². The molecule has 4 aromatic rings. The standard InChI is InChI=1S/C20H19ClN6O/c21-20-25-18(17-19(26-20)27(12-24-17)14-4-1-2-5-14)23-11-13-7-8-15(22-10-13)16-6-3-9-28-16/h3,6-10,12,14H,1-2,4-5,11H2,(H,23,25,26). The van der Waals surface area contributed by atoms with E-state index in [1.54, 1.807) is 6.26 Å². The zero-order valence-corrected chi connectivity index (χ0v) is 15.9. The lowest BCUT2D eigenvalue weighted by atomic mass is 10.2. The van der Waals surface area contributed by atoms with Crippen molar-refractivity contribution in [1.29, 1.82) is 0 Å². The van der Waals surface area contributed by atoms with Gasteiger partial charge in [0.1, 0.15) is 5.69 Å². The van der Waals surface area contributed by atoms with E-state index >= 15 is 0 Å². The second-order valence-electron chi connectivity index (χ2n) is 6.99. The van der Waals surface area contributed by atoms with E-state index in [0.29, 0.717) is 18.4 Å².